The van der Waals surface area contributed by atoms with Gasteiger partial charge in [-0.2, -0.15) is 0 Å². The first-order valence-corrected chi connectivity index (χ1v) is 5.89. The lowest BCUT2D eigenvalue weighted by atomic mass is 10.1. The Kier molecular flexibility index (Phi) is 6.29. The van der Waals surface area contributed by atoms with Crippen molar-refractivity contribution in [3.05, 3.63) is 35.9 Å². The van der Waals surface area contributed by atoms with E-state index in [1.807, 2.05) is 37.3 Å². The Morgan fingerprint density at radius 3 is 2.76 bits per heavy atom. The van der Waals surface area contributed by atoms with Gasteiger partial charge in [0.05, 0.1) is 12.6 Å². The van der Waals surface area contributed by atoms with E-state index in [2.05, 4.69) is 5.32 Å². The summed E-state index contributed by atoms with van der Waals surface area (Å²) >= 11 is 0. The van der Waals surface area contributed by atoms with E-state index in [1.165, 1.54) is 0 Å². The van der Waals surface area contributed by atoms with Gasteiger partial charge in [-0.3, -0.25) is 4.79 Å². The standard InChI is InChI=1S/C13H20N2O2/c1-2-17-9-8-15-13(16)12(14)10-11-6-4-3-5-7-11/h3-7,12H,2,8-10,14H2,1H3,(H,15,16). The molecule has 0 aliphatic carbocycles. The van der Waals surface area contributed by atoms with Crippen LogP contribution in [0.4, 0.5) is 0 Å². The van der Waals surface area contributed by atoms with Gasteiger partial charge in [0.25, 0.3) is 0 Å². The van der Waals surface area contributed by atoms with Crippen molar-refractivity contribution in [1.29, 1.82) is 0 Å². The van der Waals surface area contributed by atoms with Crippen LogP contribution in [0.25, 0.3) is 0 Å². The van der Waals surface area contributed by atoms with Gasteiger partial charge in [0.15, 0.2) is 0 Å². The molecule has 0 saturated carbocycles. The van der Waals surface area contributed by atoms with Crippen molar-refractivity contribution in [3.8, 4) is 0 Å². The fourth-order valence-corrected chi connectivity index (χ4v) is 1.48. The van der Waals surface area contributed by atoms with Gasteiger partial charge in [-0.05, 0) is 18.9 Å². The van der Waals surface area contributed by atoms with E-state index in [0.29, 0.717) is 26.2 Å². The molecule has 1 rings (SSSR count). The van der Waals surface area contributed by atoms with Crippen LogP contribution in [0.5, 0.6) is 0 Å². The average Bonchev–Trinajstić information content (AvgIpc) is 2.35. The Morgan fingerprint density at radius 1 is 1.41 bits per heavy atom. The molecule has 0 aromatic heterocycles. The Bertz CT molecular complexity index is 327. The van der Waals surface area contributed by atoms with Gasteiger partial charge in [-0.15, -0.1) is 0 Å². The molecule has 1 aromatic carbocycles. The van der Waals surface area contributed by atoms with Crippen LogP contribution in [-0.4, -0.2) is 31.7 Å². The molecular formula is C13H20N2O2. The smallest absolute Gasteiger partial charge is 0.237 e. The van der Waals surface area contributed by atoms with E-state index in [4.69, 9.17) is 10.5 Å². The zero-order valence-electron chi connectivity index (χ0n) is 10.2. The van der Waals surface area contributed by atoms with E-state index < -0.39 is 6.04 Å². The van der Waals surface area contributed by atoms with Gasteiger partial charge in [0, 0.05) is 13.2 Å². The molecule has 0 radical (unpaired) electrons. The van der Waals surface area contributed by atoms with E-state index >= 15 is 0 Å². The first kappa shape index (κ1) is 13.7. The number of hydrogen-bond donors (Lipinski definition) is 2. The number of carbonyl (C=O) groups excluding carboxylic acids is 1. The van der Waals surface area contributed by atoms with Gasteiger partial charge in [0.2, 0.25) is 5.91 Å². The number of ether oxygens (including phenoxy) is 1. The maximum Gasteiger partial charge on any atom is 0.237 e. The summed E-state index contributed by atoms with van der Waals surface area (Å²) in [6, 6.07) is 9.25. The zero-order valence-corrected chi connectivity index (χ0v) is 10.2. The molecular weight excluding hydrogens is 216 g/mol. The van der Waals surface area contributed by atoms with E-state index in [-0.39, 0.29) is 5.91 Å². The van der Waals surface area contributed by atoms with Crippen LogP contribution in [0.3, 0.4) is 0 Å². The number of nitrogens with two attached hydrogens (primary N) is 1. The lowest BCUT2D eigenvalue weighted by molar-refractivity contribution is -0.122. The second-order valence-corrected chi connectivity index (χ2v) is 3.78. The molecule has 1 aromatic rings. The summed E-state index contributed by atoms with van der Waals surface area (Å²) in [5.41, 5.74) is 6.88. The number of benzene rings is 1. The highest BCUT2D eigenvalue weighted by atomic mass is 16.5. The number of carbonyl (C=O) groups is 1. The van der Waals surface area contributed by atoms with Crippen molar-refractivity contribution in [2.45, 2.75) is 19.4 Å². The second kappa shape index (κ2) is 7.81. The average molecular weight is 236 g/mol. The molecule has 17 heavy (non-hydrogen) atoms. The lowest BCUT2D eigenvalue weighted by Gasteiger charge is -2.12. The van der Waals surface area contributed by atoms with Gasteiger partial charge in [-0.25, -0.2) is 0 Å². The van der Waals surface area contributed by atoms with E-state index in [9.17, 15) is 4.79 Å². The van der Waals surface area contributed by atoms with Crippen molar-refractivity contribution in [2.24, 2.45) is 5.73 Å². The topological polar surface area (TPSA) is 64.3 Å². The second-order valence-electron chi connectivity index (χ2n) is 3.78. The highest BCUT2D eigenvalue weighted by molar-refractivity contribution is 5.81. The van der Waals surface area contributed by atoms with Gasteiger partial charge >= 0.3 is 0 Å². The van der Waals surface area contributed by atoms with E-state index in [0.717, 1.165) is 5.56 Å². The van der Waals surface area contributed by atoms with Crippen LogP contribution in [0.2, 0.25) is 0 Å². The van der Waals surface area contributed by atoms with Crippen LogP contribution in [0.15, 0.2) is 30.3 Å². The summed E-state index contributed by atoms with van der Waals surface area (Å²) < 4.78 is 5.13. The molecule has 94 valence electrons. The first-order valence-electron chi connectivity index (χ1n) is 5.89. The van der Waals surface area contributed by atoms with Gasteiger partial charge < -0.3 is 15.8 Å². The highest BCUT2D eigenvalue weighted by Crippen LogP contribution is 2.01. The maximum atomic E-state index is 11.6. The third-order valence-electron chi connectivity index (χ3n) is 2.38. The van der Waals surface area contributed by atoms with Crippen molar-refractivity contribution in [1.82, 2.24) is 5.32 Å². The Balaban J connectivity index is 2.27. The highest BCUT2D eigenvalue weighted by Gasteiger charge is 2.12. The number of rotatable bonds is 7. The van der Waals surface area contributed by atoms with Gasteiger partial charge in [0.1, 0.15) is 0 Å². The molecule has 0 aliphatic rings. The summed E-state index contributed by atoms with van der Waals surface area (Å²) in [6.07, 6.45) is 0.557. The third kappa shape index (κ3) is 5.47. The predicted octanol–water partition coefficient (Wildman–Crippen LogP) is 0.709. The Labute approximate surface area is 102 Å². The monoisotopic (exact) mass is 236 g/mol. The molecule has 0 spiro atoms. The summed E-state index contributed by atoms with van der Waals surface area (Å²) in [4.78, 5) is 11.6. The third-order valence-corrected chi connectivity index (χ3v) is 2.38. The number of amides is 1. The van der Waals surface area contributed by atoms with Crippen LogP contribution >= 0.6 is 0 Å². The number of hydrogen-bond acceptors (Lipinski definition) is 3. The predicted molar refractivity (Wildman–Crippen MR) is 67.6 cm³/mol. The molecule has 0 heterocycles. The Hall–Kier alpha value is -1.39. The summed E-state index contributed by atoms with van der Waals surface area (Å²) in [5.74, 6) is -0.131. The molecule has 1 unspecified atom stereocenters. The minimum atomic E-state index is -0.501. The molecule has 0 saturated heterocycles. The minimum Gasteiger partial charge on any atom is -0.380 e. The molecule has 0 aliphatic heterocycles. The van der Waals surface area contributed by atoms with Crippen molar-refractivity contribution in [3.63, 3.8) is 0 Å². The summed E-state index contributed by atoms with van der Waals surface area (Å²) in [6.45, 7) is 3.62. The summed E-state index contributed by atoms with van der Waals surface area (Å²) in [5, 5.41) is 2.75. The van der Waals surface area contributed by atoms with Crippen LogP contribution < -0.4 is 11.1 Å². The van der Waals surface area contributed by atoms with Crippen LogP contribution in [0, 0.1) is 0 Å². The fourth-order valence-electron chi connectivity index (χ4n) is 1.48. The zero-order chi connectivity index (χ0) is 12.5. The fraction of sp³-hybridized carbons (Fsp3) is 0.462. The molecule has 0 fully saturated rings. The number of nitrogens with one attached hydrogen (secondary N) is 1. The molecule has 3 N–H and O–H groups in total. The molecule has 1 amide bonds. The van der Waals surface area contributed by atoms with Crippen molar-refractivity contribution < 1.29 is 9.53 Å². The van der Waals surface area contributed by atoms with Crippen LogP contribution in [-0.2, 0) is 16.0 Å². The minimum absolute atomic E-state index is 0.131. The lowest BCUT2D eigenvalue weighted by Crippen LogP contribution is -2.43. The SMILES string of the molecule is CCOCCNC(=O)C(N)Cc1ccccc1. The van der Waals surface area contributed by atoms with Crippen LogP contribution in [0.1, 0.15) is 12.5 Å². The molecule has 0 bridgehead atoms. The maximum absolute atomic E-state index is 11.6. The largest absolute Gasteiger partial charge is 0.380 e. The summed E-state index contributed by atoms with van der Waals surface area (Å²) in [7, 11) is 0. The molecule has 1 atom stereocenters. The van der Waals surface area contributed by atoms with Gasteiger partial charge in [-0.1, -0.05) is 30.3 Å². The molecule has 4 heteroatoms. The Morgan fingerprint density at radius 2 is 2.12 bits per heavy atom. The van der Waals surface area contributed by atoms with E-state index in [1.54, 1.807) is 0 Å². The quantitative estimate of drug-likeness (QED) is 0.685. The normalized spacial score (nSPS) is 12.1. The van der Waals surface area contributed by atoms with Crippen molar-refractivity contribution >= 4 is 5.91 Å². The molecule has 4 nitrogen and oxygen atoms in total. The first-order chi connectivity index (χ1) is 8.24. The van der Waals surface area contributed by atoms with Crippen molar-refractivity contribution in [2.75, 3.05) is 19.8 Å².